The molecule has 0 N–H and O–H groups in total. The highest BCUT2D eigenvalue weighted by atomic mass is 35.5. The van der Waals surface area contributed by atoms with Gasteiger partial charge in [0.2, 0.25) is 0 Å². The van der Waals surface area contributed by atoms with E-state index in [1.54, 1.807) is 7.11 Å². The number of benzene rings is 1. The third-order valence-electron chi connectivity index (χ3n) is 2.44. The van der Waals surface area contributed by atoms with Crippen LogP contribution in [0.25, 0.3) is 0 Å². The first-order valence-electron chi connectivity index (χ1n) is 6.30. The summed E-state index contributed by atoms with van der Waals surface area (Å²) in [7, 11) is 1.62. The summed E-state index contributed by atoms with van der Waals surface area (Å²) in [4.78, 5) is 0. The fraction of sp³-hybridized carbons (Fsp3) is 0.467. The minimum atomic E-state index is 0.0562. The van der Waals surface area contributed by atoms with Crippen LogP contribution in [0.1, 0.15) is 19.4 Å². The molecule has 1 aromatic rings. The van der Waals surface area contributed by atoms with E-state index in [0.717, 1.165) is 11.3 Å². The molecule has 0 atom stereocenters. The van der Waals surface area contributed by atoms with Crippen LogP contribution in [0, 0.1) is 0 Å². The zero-order chi connectivity index (χ0) is 14.3. The molecule has 0 amide bonds. The molecule has 0 fully saturated rings. The predicted molar refractivity (Wildman–Crippen MR) is 78.9 cm³/mol. The fourth-order valence-electron chi connectivity index (χ4n) is 1.74. The Kier molecular flexibility index (Phi) is 6.57. The number of methoxy groups -OCH3 is 1. The molecule has 0 aliphatic rings. The molecule has 0 radical (unpaired) electrons. The first-order chi connectivity index (χ1) is 9.13. The van der Waals surface area contributed by atoms with E-state index in [1.165, 1.54) is 0 Å². The zero-order valence-electron chi connectivity index (χ0n) is 11.7. The fourth-order valence-corrected chi connectivity index (χ4v) is 1.81. The molecule has 4 heteroatoms. The Hall–Kier alpha value is -1.35. The first-order valence-corrected chi connectivity index (χ1v) is 6.83. The normalized spacial score (nSPS) is 10.4. The van der Waals surface area contributed by atoms with E-state index in [4.69, 9.17) is 25.8 Å². The van der Waals surface area contributed by atoms with Crippen LogP contribution in [-0.2, 0) is 6.42 Å². The molecule has 3 nitrogen and oxygen atoms in total. The SMILES string of the molecule is C=CCc1c(OCCCl)ccc(OC)c1OC(C)C. The smallest absolute Gasteiger partial charge is 0.168 e. The van der Waals surface area contributed by atoms with Gasteiger partial charge in [0.25, 0.3) is 0 Å². The number of ether oxygens (including phenoxy) is 3. The van der Waals surface area contributed by atoms with Crippen LogP contribution in [-0.4, -0.2) is 25.7 Å². The van der Waals surface area contributed by atoms with Crippen molar-refractivity contribution in [2.75, 3.05) is 19.6 Å². The molecular weight excluding hydrogens is 264 g/mol. The van der Waals surface area contributed by atoms with Gasteiger partial charge in [-0.05, 0) is 32.4 Å². The van der Waals surface area contributed by atoms with Gasteiger partial charge in [-0.1, -0.05) is 6.08 Å². The molecule has 19 heavy (non-hydrogen) atoms. The number of alkyl halides is 1. The highest BCUT2D eigenvalue weighted by Gasteiger charge is 2.16. The Bertz CT molecular complexity index is 416. The third kappa shape index (κ3) is 4.35. The Balaban J connectivity index is 3.21. The second-order valence-electron chi connectivity index (χ2n) is 4.27. The summed E-state index contributed by atoms with van der Waals surface area (Å²) < 4.78 is 16.9. The van der Waals surface area contributed by atoms with Gasteiger partial charge in [0.05, 0.1) is 19.1 Å². The number of allylic oxidation sites excluding steroid dienone is 1. The maximum Gasteiger partial charge on any atom is 0.168 e. The van der Waals surface area contributed by atoms with Crippen LogP contribution in [0.3, 0.4) is 0 Å². The van der Waals surface area contributed by atoms with Crippen molar-refractivity contribution in [1.29, 1.82) is 0 Å². The summed E-state index contributed by atoms with van der Waals surface area (Å²) in [6.07, 6.45) is 2.52. The molecule has 1 aromatic carbocycles. The summed E-state index contributed by atoms with van der Waals surface area (Å²) in [5.41, 5.74) is 0.938. The van der Waals surface area contributed by atoms with Crippen LogP contribution in [0.4, 0.5) is 0 Å². The Morgan fingerprint density at radius 2 is 2.00 bits per heavy atom. The van der Waals surface area contributed by atoms with E-state index in [9.17, 15) is 0 Å². The molecule has 0 spiro atoms. The second kappa shape index (κ2) is 7.95. The zero-order valence-corrected chi connectivity index (χ0v) is 12.5. The van der Waals surface area contributed by atoms with Crippen molar-refractivity contribution in [3.63, 3.8) is 0 Å². The van der Waals surface area contributed by atoms with Crippen molar-refractivity contribution in [1.82, 2.24) is 0 Å². The molecule has 0 aliphatic heterocycles. The van der Waals surface area contributed by atoms with E-state index in [2.05, 4.69) is 6.58 Å². The molecule has 0 unspecified atom stereocenters. The molecule has 0 aliphatic carbocycles. The number of hydrogen-bond acceptors (Lipinski definition) is 3. The lowest BCUT2D eigenvalue weighted by Crippen LogP contribution is -2.10. The maximum absolute atomic E-state index is 5.85. The molecule has 1 rings (SSSR count). The number of hydrogen-bond donors (Lipinski definition) is 0. The standard InChI is InChI=1S/C15H21ClO3/c1-5-6-12-13(18-10-9-16)7-8-14(17-4)15(12)19-11(2)3/h5,7-8,11H,1,6,9-10H2,2-4H3. The highest BCUT2D eigenvalue weighted by Crippen LogP contribution is 2.38. The van der Waals surface area contributed by atoms with E-state index < -0.39 is 0 Å². The van der Waals surface area contributed by atoms with E-state index in [0.29, 0.717) is 30.4 Å². The van der Waals surface area contributed by atoms with Gasteiger partial charge in [0.15, 0.2) is 11.5 Å². The minimum Gasteiger partial charge on any atom is -0.493 e. The van der Waals surface area contributed by atoms with Crippen LogP contribution < -0.4 is 14.2 Å². The lowest BCUT2D eigenvalue weighted by molar-refractivity contribution is 0.225. The Morgan fingerprint density at radius 3 is 2.53 bits per heavy atom. The molecule has 106 valence electrons. The first kappa shape index (κ1) is 15.7. The van der Waals surface area contributed by atoms with Gasteiger partial charge in [0, 0.05) is 5.56 Å². The third-order valence-corrected chi connectivity index (χ3v) is 2.59. The summed E-state index contributed by atoms with van der Waals surface area (Å²) >= 11 is 5.66. The van der Waals surface area contributed by atoms with Crippen LogP contribution in [0.2, 0.25) is 0 Å². The average Bonchev–Trinajstić information content (AvgIpc) is 2.38. The topological polar surface area (TPSA) is 27.7 Å². The average molecular weight is 285 g/mol. The second-order valence-corrected chi connectivity index (χ2v) is 4.65. The Morgan fingerprint density at radius 1 is 1.32 bits per heavy atom. The van der Waals surface area contributed by atoms with Gasteiger partial charge in [-0.3, -0.25) is 0 Å². The summed E-state index contributed by atoms with van der Waals surface area (Å²) in [6, 6.07) is 3.71. The van der Waals surface area contributed by atoms with Gasteiger partial charge < -0.3 is 14.2 Å². The van der Waals surface area contributed by atoms with E-state index in [-0.39, 0.29) is 6.10 Å². The molecule has 0 heterocycles. The van der Waals surface area contributed by atoms with Gasteiger partial charge >= 0.3 is 0 Å². The monoisotopic (exact) mass is 284 g/mol. The van der Waals surface area contributed by atoms with E-state index in [1.807, 2.05) is 32.1 Å². The Labute approximate surface area is 120 Å². The largest absolute Gasteiger partial charge is 0.493 e. The number of rotatable bonds is 8. The minimum absolute atomic E-state index is 0.0562. The summed E-state index contributed by atoms with van der Waals surface area (Å²) in [6.45, 7) is 8.18. The molecule has 0 aromatic heterocycles. The predicted octanol–water partition coefficient (Wildman–Crippen LogP) is 3.83. The quantitative estimate of drug-likeness (QED) is 0.536. The van der Waals surface area contributed by atoms with Crippen LogP contribution >= 0.6 is 11.6 Å². The number of halogens is 1. The molecule has 0 saturated carbocycles. The van der Waals surface area contributed by atoms with E-state index >= 15 is 0 Å². The summed E-state index contributed by atoms with van der Waals surface area (Å²) in [5.74, 6) is 2.62. The van der Waals surface area contributed by atoms with Gasteiger partial charge in [-0.2, -0.15) is 0 Å². The highest BCUT2D eigenvalue weighted by molar-refractivity contribution is 6.18. The van der Waals surface area contributed by atoms with Crippen molar-refractivity contribution in [2.45, 2.75) is 26.4 Å². The van der Waals surface area contributed by atoms with Crippen molar-refractivity contribution < 1.29 is 14.2 Å². The van der Waals surface area contributed by atoms with Crippen LogP contribution in [0.15, 0.2) is 24.8 Å². The lowest BCUT2D eigenvalue weighted by Gasteiger charge is -2.19. The van der Waals surface area contributed by atoms with Gasteiger partial charge in [-0.15, -0.1) is 18.2 Å². The van der Waals surface area contributed by atoms with Crippen molar-refractivity contribution in [2.24, 2.45) is 0 Å². The summed E-state index contributed by atoms with van der Waals surface area (Å²) in [5, 5.41) is 0. The van der Waals surface area contributed by atoms with Gasteiger partial charge in [0.1, 0.15) is 12.4 Å². The molecule has 0 saturated heterocycles. The maximum atomic E-state index is 5.85. The van der Waals surface area contributed by atoms with Crippen LogP contribution in [0.5, 0.6) is 17.2 Å². The van der Waals surface area contributed by atoms with Crippen molar-refractivity contribution >= 4 is 11.6 Å². The van der Waals surface area contributed by atoms with Gasteiger partial charge in [-0.25, -0.2) is 0 Å². The lowest BCUT2D eigenvalue weighted by atomic mass is 10.1. The van der Waals surface area contributed by atoms with Crippen molar-refractivity contribution in [3.05, 3.63) is 30.4 Å². The molecular formula is C15H21ClO3. The molecule has 0 bridgehead atoms. The van der Waals surface area contributed by atoms with Crippen molar-refractivity contribution in [3.8, 4) is 17.2 Å².